The maximum Gasteiger partial charge on any atom is 0.224 e. The molecule has 1 atom stereocenters. The molecule has 4 rings (SSSR count). The Labute approximate surface area is 134 Å². The van der Waals surface area contributed by atoms with Gasteiger partial charge in [0, 0.05) is 23.6 Å². The zero-order valence-corrected chi connectivity index (χ0v) is 12.8. The van der Waals surface area contributed by atoms with E-state index in [9.17, 15) is 4.79 Å². The van der Waals surface area contributed by atoms with E-state index in [1.165, 1.54) is 0 Å². The van der Waals surface area contributed by atoms with Crippen LogP contribution in [0.25, 0.3) is 10.9 Å². The first-order valence-electron chi connectivity index (χ1n) is 7.99. The molecule has 1 N–H and O–H groups in total. The molecule has 1 amide bonds. The lowest BCUT2D eigenvalue weighted by molar-refractivity contribution is -0.121. The number of rotatable bonds is 3. The minimum Gasteiger partial charge on any atom is -0.469 e. The van der Waals surface area contributed by atoms with E-state index in [1.807, 2.05) is 36.4 Å². The molecule has 0 saturated carbocycles. The van der Waals surface area contributed by atoms with Gasteiger partial charge in [0.1, 0.15) is 5.76 Å². The van der Waals surface area contributed by atoms with Gasteiger partial charge in [-0.05, 0) is 30.5 Å². The Morgan fingerprint density at radius 1 is 1.26 bits per heavy atom. The minimum atomic E-state index is 0.0298. The monoisotopic (exact) mass is 306 g/mol. The van der Waals surface area contributed by atoms with Crippen LogP contribution in [-0.4, -0.2) is 10.9 Å². The summed E-state index contributed by atoms with van der Waals surface area (Å²) in [7, 11) is 0. The Balaban J connectivity index is 1.53. The molecule has 1 aromatic carbocycles. The van der Waals surface area contributed by atoms with Gasteiger partial charge >= 0.3 is 0 Å². The van der Waals surface area contributed by atoms with Crippen molar-refractivity contribution in [1.29, 1.82) is 0 Å². The number of aryl methyl sites for hydroxylation is 1. The molecule has 0 bridgehead atoms. The van der Waals surface area contributed by atoms with E-state index >= 15 is 0 Å². The molecule has 0 spiro atoms. The Kier molecular flexibility index (Phi) is 3.58. The van der Waals surface area contributed by atoms with Crippen LogP contribution < -0.4 is 5.32 Å². The van der Waals surface area contributed by atoms with Gasteiger partial charge in [-0.2, -0.15) is 0 Å². The van der Waals surface area contributed by atoms with Crippen LogP contribution in [0.5, 0.6) is 0 Å². The number of fused-ring (bicyclic) bond motifs is 2. The van der Waals surface area contributed by atoms with Crippen molar-refractivity contribution in [1.82, 2.24) is 10.3 Å². The smallest absolute Gasteiger partial charge is 0.224 e. The van der Waals surface area contributed by atoms with Crippen molar-refractivity contribution < 1.29 is 9.21 Å². The maximum atomic E-state index is 12.5. The topological polar surface area (TPSA) is 55.1 Å². The number of pyridine rings is 1. The second-order valence-electron chi connectivity index (χ2n) is 5.98. The van der Waals surface area contributed by atoms with Crippen LogP contribution in [-0.2, 0) is 17.6 Å². The molecule has 2 heterocycles. The number of carbonyl (C=O) groups is 1. The van der Waals surface area contributed by atoms with Gasteiger partial charge in [-0.3, -0.25) is 9.78 Å². The van der Waals surface area contributed by atoms with Crippen LogP contribution in [0, 0.1) is 0 Å². The summed E-state index contributed by atoms with van der Waals surface area (Å²) in [5.74, 6) is 1.04. The average Bonchev–Trinajstić information content (AvgIpc) is 3.05. The normalized spacial score (nSPS) is 17.0. The molecule has 23 heavy (non-hydrogen) atoms. The zero-order valence-electron chi connectivity index (χ0n) is 12.8. The highest BCUT2D eigenvalue weighted by Crippen LogP contribution is 2.30. The highest BCUT2D eigenvalue weighted by molar-refractivity contribution is 5.87. The first kappa shape index (κ1) is 14.0. The number of hydrogen-bond acceptors (Lipinski definition) is 3. The fourth-order valence-corrected chi connectivity index (χ4v) is 3.36. The summed E-state index contributed by atoms with van der Waals surface area (Å²) >= 11 is 0. The fraction of sp³-hybridized carbons (Fsp3) is 0.263. The van der Waals surface area contributed by atoms with Crippen molar-refractivity contribution in [3.05, 3.63) is 65.7 Å². The van der Waals surface area contributed by atoms with Crippen LogP contribution in [0.2, 0.25) is 0 Å². The Bertz CT molecular complexity index is 848. The number of amides is 1. The van der Waals surface area contributed by atoms with Gasteiger partial charge in [0.25, 0.3) is 0 Å². The lowest BCUT2D eigenvalue weighted by Crippen LogP contribution is -2.31. The number of nitrogens with zero attached hydrogens (tertiary/aromatic N) is 1. The average molecular weight is 306 g/mol. The van der Waals surface area contributed by atoms with Gasteiger partial charge in [-0.15, -0.1) is 0 Å². The molecule has 4 heteroatoms. The van der Waals surface area contributed by atoms with Gasteiger partial charge in [0.15, 0.2) is 0 Å². The first-order valence-corrected chi connectivity index (χ1v) is 7.99. The van der Waals surface area contributed by atoms with Crippen LogP contribution >= 0.6 is 0 Å². The molecule has 1 aliphatic rings. The summed E-state index contributed by atoms with van der Waals surface area (Å²) in [5.41, 5.74) is 2.99. The zero-order chi connectivity index (χ0) is 15.6. The van der Waals surface area contributed by atoms with Gasteiger partial charge in [0.05, 0.1) is 24.2 Å². The molecule has 116 valence electrons. The molecular weight excluding hydrogens is 288 g/mol. The molecule has 0 radical (unpaired) electrons. The molecule has 3 aromatic rings. The predicted octanol–water partition coefficient (Wildman–Crippen LogP) is 3.56. The SMILES string of the molecule is O=C(Cc1cccc2cccnc12)NC1CCCc2occc21. The number of furan rings is 1. The van der Waals surface area contributed by atoms with Crippen LogP contribution in [0.15, 0.2) is 53.3 Å². The van der Waals surface area contributed by atoms with Crippen LogP contribution in [0.4, 0.5) is 0 Å². The van der Waals surface area contributed by atoms with Crippen molar-refractivity contribution in [3.63, 3.8) is 0 Å². The molecular formula is C19H18N2O2. The van der Waals surface area contributed by atoms with E-state index < -0.39 is 0 Å². The van der Waals surface area contributed by atoms with E-state index in [2.05, 4.69) is 10.3 Å². The summed E-state index contributed by atoms with van der Waals surface area (Å²) < 4.78 is 5.48. The number of benzene rings is 1. The number of aromatic nitrogens is 1. The van der Waals surface area contributed by atoms with Gasteiger partial charge < -0.3 is 9.73 Å². The fourth-order valence-electron chi connectivity index (χ4n) is 3.36. The summed E-state index contributed by atoms with van der Waals surface area (Å²) in [6.45, 7) is 0. The molecule has 0 fully saturated rings. The quantitative estimate of drug-likeness (QED) is 0.805. The van der Waals surface area contributed by atoms with Crippen molar-refractivity contribution in [2.75, 3.05) is 0 Å². The maximum absolute atomic E-state index is 12.5. The van der Waals surface area contributed by atoms with Crippen molar-refractivity contribution >= 4 is 16.8 Å². The third-order valence-corrected chi connectivity index (χ3v) is 4.45. The van der Waals surface area contributed by atoms with Crippen molar-refractivity contribution in [2.24, 2.45) is 0 Å². The van der Waals surface area contributed by atoms with Crippen molar-refractivity contribution in [2.45, 2.75) is 31.7 Å². The Morgan fingerprint density at radius 2 is 2.17 bits per heavy atom. The van der Waals surface area contributed by atoms with Crippen molar-refractivity contribution in [3.8, 4) is 0 Å². The number of nitrogens with one attached hydrogen (secondary N) is 1. The standard InChI is InChI=1S/C19H18N2O2/c22-18(21-16-7-2-8-17-15(16)9-11-23-17)12-14-5-1-4-13-6-3-10-20-19(13)14/h1,3-6,9-11,16H,2,7-8,12H2,(H,21,22). The molecule has 1 aliphatic carbocycles. The Morgan fingerprint density at radius 3 is 3.13 bits per heavy atom. The molecule has 2 aromatic heterocycles. The van der Waals surface area contributed by atoms with E-state index in [1.54, 1.807) is 12.5 Å². The van der Waals surface area contributed by atoms with E-state index in [0.29, 0.717) is 6.42 Å². The Hall–Kier alpha value is -2.62. The molecule has 4 nitrogen and oxygen atoms in total. The molecule has 0 saturated heterocycles. The largest absolute Gasteiger partial charge is 0.469 e. The highest BCUT2D eigenvalue weighted by Gasteiger charge is 2.24. The number of hydrogen-bond donors (Lipinski definition) is 1. The van der Waals surface area contributed by atoms with Crippen LogP contribution in [0.1, 0.15) is 35.8 Å². The lowest BCUT2D eigenvalue weighted by atomic mass is 9.93. The molecule has 1 unspecified atom stereocenters. The third kappa shape index (κ3) is 2.72. The third-order valence-electron chi connectivity index (χ3n) is 4.45. The van der Waals surface area contributed by atoms with Gasteiger partial charge in [0.2, 0.25) is 5.91 Å². The number of para-hydroxylation sites is 1. The van der Waals surface area contributed by atoms with Crippen LogP contribution in [0.3, 0.4) is 0 Å². The summed E-state index contributed by atoms with van der Waals surface area (Å²) in [6, 6.07) is 11.9. The second kappa shape index (κ2) is 5.88. The van der Waals surface area contributed by atoms with Gasteiger partial charge in [-0.1, -0.05) is 24.3 Å². The van der Waals surface area contributed by atoms with E-state index in [4.69, 9.17) is 4.42 Å². The molecule has 0 aliphatic heterocycles. The number of carbonyl (C=O) groups excluding carboxylic acids is 1. The summed E-state index contributed by atoms with van der Waals surface area (Å²) in [4.78, 5) is 16.9. The summed E-state index contributed by atoms with van der Waals surface area (Å²) in [6.07, 6.45) is 6.79. The van der Waals surface area contributed by atoms with Gasteiger partial charge in [-0.25, -0.2) is 0 Å². The highest BCUT2D eigenvalue weighted by atomic mass is 16.3. The van der Waals surface area contributed by atoms with E-state index in [-0.39, 0.29) is 11.9 Å². The minimum absolute atomic E-state index is 0.0298. The lowest BCUT2D eigenvalue weighted by Gasteiger charge is -2.22. The predicted molar refractivity (Wildman–Crippen MR) is 88.0 cm³/mol. The first-order chi connectivity index (χ1) is 11.3. The second-order valence-corrected chi connectivity index (χ2v) is 5.98. The summed E-state index contributed by atoms with van der Waals surface area (Å²) in [5, 5.41) is 4.21. The van der Waals surface area contributed by atoms with E-state index in [0.717, 1.165) is 47.1 Å².